The number of pyridine rings is 1. The van der Waals surface area contributed by atoms with Crippen molar-refractivity contribution in [2.24, 2.45) is 5.73 Å². The van der Waals surface area contributed by atoms with Crippen molar-refractivity contribution in [3.63, 3.8) is 0 Å². The summed E-state index contributed by atoms with van der Waals surface area (Å²) in [7, 11) is 1.22. The number of carbonyl (C=O) groups excluding carboxylic acids is 1. The van der Waals surface area contributed by atoms with Crippen LogP contribution in [0.1, 0.15) is 11.3 Å². The van der Waals surface area contributed by atoms with Crippen molar-refractivity contribution in [2.45, 2.75) is 12.5 Å². The predicted molar refractivity (Wildman–Crippen MR) is 52.6 cm³/mol. The minimum atomic E-state index is -0.862. The van der Waals surface area contributed by atoms with E-state index in [2.05, 4.69) is 9.72 Å². The van der Waals surface area contributed by atoms with Crippen LogP contribution in [0.2, 0.25) is 0 Å². The van der Waals surface area contributed by atoms with Crippen LogP contribution in [0.4, 0.5) is 4.39 Å². The van der Waals surface area contributed by atoms with E-state index in [1.54, 1.807) is 6.07 Å². The Balaban J connectivity index is 2.80. The number of carbonyl (C=O) groups is 1. The number of ether oxygens (including phenoxy) is 1. The van der Waals surface area contributed by atoms with Crippen LogP contribution in [0.5, 0.6) is 0 Å². The number of nitrogens with two attached hydrogens (primary N) is 1. The number of nitrogens with zero attached hydrogens (tertiary/aromatic N) is 2. The quantitative estimate of drug-likeness (QED) is 0.736. The van der Waals surface area contributed by atoms with Gasteiger partial charge in [0.15, 0.2) is 11.5 Å². The van der Waals surface area contributed by atoms with Crippen molar-refractivity contribution in [1.82, 2.24) is 4.98 Å². The molecule has 0 aliphatic rings. The van der Waals surface area contributed by atoms with Gasteiger partial charge < -0.3 is 10.5 Å². The second kappa shape index (κ2) is 5.19. The van der Waals surface area contributed by atoms with E-state index in [-0.39, 0.29) is 12.1 Å². The molecule has 2 N–H and O–H groups in total. The van der Waals surface area contributed by atoms with Gasteiger partial charge in [-0.25, -0.2) is 9.37 Å². The number of methoxy groups -OCH3 is 1. The SMILES string of the molecule is COC(=O)[C@@H](N)Cc1cnc(C#N)c(F)c1. The Morgan fingerprint density at radius 3 is 3.00 bits per heavy atom. The van der Waals surface area contributed by atoms with E-state index in [0.29, 0.717) is 5.56 Å². The zero-order chi connectivity index (χ0) is 12.1. The molecular weight excluding hydrogens is 213 g/mol. The van der Waals surface area contributed by atoms with Crippen LogP contribution in [-0.4, -0.2) is 24.1 Å². The van der Waals surface area contributed by atoms with E-state index in [1.165, 1.54) is 13.3 Å². The van der Waals surface area contributed by atoms with Crippen molar-refractivity contribution in [3.05, 3.63) is 29.3 Å². The van der Waals surface area contributed by atoms with E-state index in [1.807, 2.05) is 0 Å². The maximum atomic E-state index is 13.1. The van der Waals surface area contributed by atoms with Gasteiger partial charge in [0.25, 0.3) is 0 Å². The number of nitriles is 1. The third kappa shape index (κ3) is 2.74. The lowest BCUT2D eigenvalue weighted by molar-refractivity contribution is -0.142. The molecule has 0 unspecified atom stereocenters. The molecule has 0 spiro atoms. The summed E-state index contributed by atoms with van der Waals surface area (Å²) in [6.45, 7) is 0. The van der Waals surface area contributed by atoms with Crippen molar-refractivity contribution in [2.75, 3.05) is 7.11 Å². The number of esters is 1. The Labute approximate surface area is 91.6 Å². The Morgan fingerprint density at radius 1 is 1.81 bits per heavy atom. The predicted octanol–water partition coefficient (Wildman–Crippen LogP) is 0.135. The van der Waals surface area contributed by atoms with Gasteiger partial charge in [-0.3, -0.25) is 4.79 Å². The van der Waals surface area contributed by atoms with E-state index in [0.717, 1.165) is 6.07 Å². The molecule has 0 saturated carbocycles. The maximum absolute atomic E-state index is 13.1. The minimum Gasteiger partial charge on any atom is -0.468 e. The molecule has 1 aromatic heterocycles. The van der Waals surface area contributed by atoms with Crippen molar-refractivity contribution in [3.8, 4) is 6.07 Å². The van der Waals surface area contributed by atoms with Crippen LogP contribution in [0.3, 0.4) is 0 Å². The fourth-order valence-electron chi connectivity index (χ4n) is 1.16. The Bertz CT molecular complexity index is 442. The van der Waals surface area contributed by atoms with Crippen LogP contribution in [0, 0.1) is 17.1 Å². The molecule has 6 heteroatoms. The monoisotopic (exact) mass is 223 g/mol. The van der Waals surface area contributed by atoms with E-state index < -0.39 is 17.8 Å². The van der Waals surface area contributed by atoms with Gasteiger partial charge >= 0.3 is 5.97 Å². The average Bonchev–Trinajstić information content (AvgIpc) is 2.28. The molecule has 0 saturated heterocycles. The molecule has 0 bridgehead atoms. The van der Waals surface area contributed by atoms with E-state index in [9.17, 15) is 9.18 Å². The Hall–Kier alpha value is -2.00. The smallest absolute Gasteiger partial charge is 0.322 e. The first-order valence-corrected chi connectivity index (χ1v) is 4.46. The lowest BCUT2D eigenvalue weighted by atomic mass is 10.1. The second-order valence-corrected chi connectivity index (χ2v) is 3.12. The summed E-state index contributed by atoms with van der Waals surface area (Å²) in [6.07, 6.45) is 1.42. The summed E-state index contributed by atoms with van der Waals surface area (Å²) >= 11 is 0. The molecule has 1 heterocycles. The van der Waals surface area contributed by atoms with Gasteiger partial charge in [0.2, 0.25) is 0 Å². The molecule has 0 amide bonds. The number of hydrogen-bond donors (Lipinski definition) is 1. The highest BCUT2D eigenvalue weighted by Gasteiger charge is 2.15. The first-order valence-electron chi connectivity index (χ1n) is 4.46. The van der Waals surface area contributed by atoms with Gasteiger partial charge in [0, 0.05) is 6.20 Å². The summed E-state index contributed by atoms with van der Waals surface area (Å²) in [6, 6.07) is 1.87. The summed E-state index contributed by atoms with van der Waals surface area (Å²) in [4.78, 5) is 14.6. The van der Waals surface area contributed by atoms with Crippen LogP contribution in [-0.2, 0) is 16.0 Å². The number of halogens is 1. The molecule has 5 nitrogen and oxygen atoms in total. The average molecular weight is 223 g/mol. The molecule has 16 heavy (non-hydrogen) atoms. The largest absolute Gasteiger partial charge is 0.468 e. The van der Waals surface area contributed by atoms with Crippen LogP contribution >= 0.6 is 0 Å². The molecule has 1 atom stereocenters. The molecule has 0 radical (unpaired) electrons. The summed E-state index contributed by atoms with van der Waals surface area (Å²) < 4.78 is 17.6. The fourth-order valence-corrected chi connectivity index (χ4v) is 1.16. The third-order valence-electron chi connectivity index (χ3n) is 1.96. The molecule has 0 fully saturated rings. The summed E-state index contributed by atoms with van der Waals surface area (Å²) in [5, 5.41) is 8.47. The topological polar surface area (TPSA) is 89.0 Å². The molecule has 1 aromatic rings. The van der Waals surface area contributed by atoms with Gasteiger partial charge in [0.05, 0.1) is 7.11 Å². The van der Waals surface area contributed by atoms with Crippen LogP contribution in [0.15, 0.2) is 12.3 Å². The maximum Gasteiger partial charge on any atom is 0.322 e. The molecule has 1 rings (SSSR count). The third-order valence-corrected chi connectivity index (χ3v) is 1.96. The first kappa shape index (κ1) is 12.1. The summed E-state index contributed by atoms with van der Waals surface area (Å²) in [5.41, 5.74) is 5.65. The van der Waals surface area contributed by atoms with Crippen LogP contribution < -0.4 is 5.73 Å². The van der Waals surface area contributed by atoms with E-state index in [4.69, 9.17) is 11.0 Å². The number of rotatable bonds is 3. The normalized spacial score (nSPS) is 11.6. The number of hydrogen-bond acceptors (Lipinski definition) is 5. The lowest BCUT2D eigenvalue weighted by Gasteiger charge is -2.08. The number of aromatic nitrogens is 1. The molecule has 0 aromatic carbocycles. The molecule has 0 aliphatic carbocycles. The van der Waals surface area contributed by atoms with Gasteiger partial charge in [-0.15, -0.1) is 0 Å². The van der Waals surface area contributed by atoms with Gasteiger partial charge in [-0.1, -0.05) is 0 Å². The highest BCUT2D eigenvalue weighted by atomic mass is 19.1. The van der Waals surface area contributed by atoms with Gasteiger partial charge in [-0.2, -0.15) is 5.26 Å². The standard InChI is InChI=1S/C10H10FN3O2/c1-16-10(15)8(13)3-6-2-7(11)9(4-12)14-5-6/h2,5,8H,3,13H2,1H3/t8-/m0/s1. The van der Waals surface area contributed by atoms with Crippen molar-refractivity contribution >= 4 is 5.97 Å². The summed E-state index contributed by atoms with van der Waals surface area (Å²) in [5.74, 6) is -1.30. The minimum absolute atomic E-state index is 0.113. The zero-order valence-corrected chi connectivity index (χ0v) is 8.61. The highest BCUT2D eigenvalue weighted by molar-refractivity contribution is 5.75. The molecule has 84 valence electrons. The zero-order valence-electron chi connectivity index (χ0n) is 8.61. The Morgan fingerprint density at radius 2 is 2.50 bits per heavy atom. The molecule has 0 aliphatic heterocycles. The Kier molecular flexibility index (Phi) is 3.91. The van der Waals surface area contributed by atoms with Crippen molar-refractivity contribution < 1.29 is 13.9 Å². The highest BCUT2D eigenvalue weighted by Crippen LogP contribution is 2.08. The van der Waals surface area contributed by atoms with Crippen LogP contribution in [0.25, 0.3) is 0 Å². The van der Waals surface area contributed by atoms with Gasteiger partial charge in [0.1, 0.15) is 12.1 Å². The first-order chi connectivity index (χ1) is 7.58. The second-order valence-electron chi connectivity index (χ2n) is 3.12. The van der Waals surface area contributed by atoms with Crippen molar-refractivity contribution in [1.29, 1.82) is 5.26 Å². The van der Waals surface area contributed by atoms with E-state index >= 15 is 0 Å². The fraction of sp³-hybridized carbons (Fsp3) is 0.300. The lowest BCUT2D eigenvalue weighted by Crippen LogP contribution is -2.33. The van der Waals surface area contributed by atoms with Gasteiger partial charge in [-0.05, 0) is 18.1 Å². The molecular formula is C10H10FN3O2.